The molecule has 0 saturated carbocycles. The lowest BCUT2D eigenvalue weighted by Crippen LogP contribution is -2.48. The first-order valence-electron chi connectivity index (χ1n) is 8.33. The molecule has 1 N–H and O–H groups in total. The number of piperidine rings is 1. The fourth-order valence-electron chi connectivity index (χ4n) is 3.65. The van der Waals surface area contributed by atoms with E-state index < -0.39 is 35.1 Å². The zero-order valence-electron chi connectivity index (χ0n) is 14.7. The number of aliphatic hydroxyl groups is 1. The molecule has 9 heteroatoms. The third kappa shape index (κ3) is 4.37. The molecule has 2 saturated heterocycles. The van der Waals surface area contributed by atoms with Crippen LogP contribution in [-0.4, -0.2) is 71.5 Å². The van der Waals surface area contributed by atoms with E-state index >= 15 is 0 Å². The predicted octanol–water partition coefficient (Wildman–Crippen LogP) is 2.02. The summed E-state index contributed by atoms with van der Waals surface area (Å²) in [6.45, 7) is 5.51. The van der Waals surface area contributed by atoms with Crippen LogP contribution in [0.5, 0.6) is 0 Å². The minimum Gasteiger partial charge on any atom is -0.444 e. The molecule has 144 valence electrons. The molecular formula is C16H25F3N2O4. The molecule has 2 rings (SSSR count). The van der Waals surface area contributed by atoms with Gasteiger partial charge in [0, 0.05) is 38.7 Å². The van der Waals surface area contributed by atoms with E-state index in [4.69, 9.17) is 4.74 Å². The number of carbonyl (C=O) groups excluding carboxylic acids is 2. The molecule has 2 amide bonds. The van der Waals surface area contributed by atoms with Crippen LogP contribution in [0.3, 0.4) is 0 Å². The molecule has 2 aliphatic heterocycles. The normalized spacial score (nSPS) is 23.9. The Morgan fingerprint density at radius 2 is 1.72 bits per heavy atom. The summed E-state index contributed by atoms with van der Waals surface area (Å²) in [6.07, 6.45) is -4.51. The summed E-state index contributed by atoms with van der Waals surface area (Å²) in [5, 5.41) is 9.59. The summed E-state index contributed by atoms with van der Waals surface area (Å²) in [4.78, 5) is 25.9. The topological polar surface area (TPSA) is 70.1 Å². The Morgan fingerprint density at radius 1 is 1.16 bits per heavy atom. The van der Waals surface area contributed by atoms with Crippen molar-refractivity contribution in [2.24, 2.45) is 11.3 Å². The molecule has 1 atom stereocenters. The van der Waals surface area contributed by atoms with Crippen LogP contribution in [-0.2, 0) is 9.53 Å². The quantitative estimate of drug-likeness (QED) is 0.771. The highest BCUT2D eigenvalue weighted by atomic mass is 19.4. The van der Waals surface area contributed by atoms with Crippen molar-refractivity contribution >= 4 is 12.0 Å². The molecule has 0 aliphatic carbocycles. The molecule has 1 spiro atoms. The van der Waals surface area contributed by atoms with Crippen LogP contribution < -0.4 is 0 Å². The van der Waals surface area contributed by atoms with Crippen molar-refractivity contribution in [1.82, 2.24) is 9.80 Å². The Balaban J connectivity index is 2.03. The molecule has 25 heavy (non-hydrogen) atoms. The number of rotatable bonds is 1. The molecular weight excluding hydrogens is 341 g/mol. The summed E-state index contributed by atoms with van der Waals surface area (Å²) in [7, 11) is 0. The Morgan fingerprint density at radius 3 is 2.16 bits per heavy atom. The Hall–Kier alpha value is -1.51. The van der Waals surface area contributed by atoms with Gasteiger partial charge < -0.3 is 19.6 Å². The number of halogens is 3. The molecule has 0 bridgehead atoms. The van der Waals surface area contributed by atoms with Gasteiger partial charge in [-0.15, -0.1) is 0 Å². The molecule has 2 heterocycles. The second-order valence-corrected chi connectivity index (χ2v) is 7.89. The third-order valence-electron chi connectivity index (χ3n) is 4.97. The van der Waals surface area contributed by atoms with E-state index in [9.17, 15) is 27.9 Å². The second-order valence-electron chi connectivity index (χ2n) is 7.89. The zero-order valence-corrected chi connectivity index (χ0v) is 14.7. The molecule has 2 fully saturated rings. The van der Waals surface area contributed by atoms with Crippen LogP contribution in [0.25, 0.3) is 0 Å². The highest BCUT2D eigenvalue weighted by Crippen LogP contribution is 2.45. The van der Waals surface area contributed by atoms with Crippen molar-refractivity contribution in [1.29, 1.82) is 0 Å². The smallest absolute Gasteiger partial charge is 0.444 e. The van der Waals surface area contributed by atoms with Crippen LogP contribution in [0.4, 0.5) is 18.0 Å². The second kappa shape index (κ2) is 6.66. The zero-order chi connectivity index (χ0) is 19.0. The fourth-order valence-corrected chi connectivity index (χ4v) is 3.65. The van der Waals surface area contributed by atoms with Crippen molar-refractivity contribution in [3.05, 3.63) is 0 Å². The number of hydrogen-bond donors (Lipinski definition) is 1. The summed E-state index contributed by atoms with van der Waals surface area (Å²) in [5.74, 6) is -2.28. The Labute approximate surface area is 144 Å². The molecule has 0 radical (unpaired) electrons. The molecule has 2 aliphatic rings. The van der Waals surface area contributed by atoms with Crippen molar-refractivity contribution < 1.29 is 32.6 Å². The van der Waals surface area contributed by atoms with Gasteiger partial charge in [-0.05, 0) is 39.0 Å². The molecule has 1 unspecified atom stereocenters. The average Bonchev–Trinajstić information content (AvgIpc) is 2.82. The maximum atomic E-state index is 12.7. The number of amides is 2. The van der Waals surface area contributed by atoms with Crippen molar-refractivity contribution in [3.8, 4) is 0 Å². The van der Waals surface area contributed by atoms with Gasteiger partial charge in [-0.2, -0.15) is 13.2 Å². The minimum atomic E-state index is -4.91. The first-order chi connectivity index (χ1) is 11.4. The third-order valence-corrected chi connectivity index (χ3v) is 4.97. The average molecular weight is 366 g/mol. The van der Waals surface area contributed by atoms with Crippen LogP contribution in [0.2, 0.25) is 0 Å². The largest absolute Gasteiger partial charge is 0.471 e. The van der Waals surface area contributed by atoms with Crippen LogP contribution in [0.15, 0.2) is 0 Å². The van der Waals surface area contributed by atoms with Gasteiger partial charge in [0.1, 0.15) is 5.60 Å². The SMILES string of the molecule is CC(C)(C)OC(=O)N1CCC2(CC1)CN(C(=O)C(F)(F)F)CC2CO. The van der Waals surface area contributed by atoms with E-state index in [2.05, 4.69) is 0 Å². The van der Waals surface area contributed by atoms with Crippen LogP contribution in [0, 0.1) is 11.3 Å². The number of likely N-dealkylation sites (tertiary alicyclic amines) is 2. The van der Waals surface area contributed by atoms with Crippen molar-refractivity contribution in [2.45, 2.75) is 45.4 Å². The first-order valence-corrected chi connectivity index (χ1v) is 8.33. The van der Waals surface area contributed by atoms with Gasteiger partial charge in [0.25, 0.3) is 0 Å². The maximum Gasteiger partial charge on any atom is 0.471 e. The Kier molecular flexibility index (Phi) is 5.28. The van der Waals surface area contributed by atoms with Gasteiger partial charge in [-0.25, -0.2) is 4.79 Å². The van der Waals surface area contributed by atoms with E-state index in [1.54, 1.807) is 20.8 Å². The van der Waals surface area contributed by atoms with Crippen molar-refractivity contribution in [3.63, 3.8) is 0 Å². The molecule has 6 nitrogen and oxygen atoms in total. The standard InChI is InChI=1S/C16H25F3N2O4/c1-14(2,3)25-13(24)20-6-4-15(5-7-20)10-21(8-11(15)9-22)12(23)16(17,18)19/h11,22H,4-10H2,1-3H3. The van der Waals surface area contributed by atoms with E-state index in [1.165, 1.54) is 4.90 Å². The summed E-state index contributed by atoms with van der Waals surface area (Å²) >= 11 is 0. The number of alkyl halides is 3. The van der Waals surface area contributed by atoms with Gasteiger partial charge in [0.15, 0.2) is 0 Å². The highest BCUT2D eigenvalue weighted by Gasteiger charge is 2.53. The monoisotopic (exact) mass is 366 g/mol. The number of ether oxygens (including phenoxy) is 1. The predicted molar refractivity (Wildman–Crippen MR) is 82.7 cm³/mol. The number of carbonyl (C=O) groups is 2. The van der Waals surface area contributed by atoms with Gasteiger partial charge in [0.2, 0.25) is 0 Å². The van der Waals surface area contributed by atoms with E-state index in [1.807, 2.05) is 0 Å². The van der Waals surface area contributed by atoms with E-state index in [0.29, 0.717) is 25.9 Å². The lowest BCUT2D eigenvalue weighted by molar-refractivity contribution is -0.184. The van der Waals surface area contributed by atoms with Crippen molar-refractivity contribution in [2.75, 3.05) is 32.8 Å². The molecule has 0 aromatic rings. The number of aliphatic hydroxyl groups excluding tert-OH is 1. The Bertz CT molecular complexity index is 522. The van der Waals surface area contributed by atoms with Gasteiger partial charge in [-0.3, -0.25) is 4.79 Å². The first kappa shape index (κ1) is 19.8. The molecule has 0 aromatic heterocycles. The number of hydrogen-bond acceptors (Lipinski definition) is 4. The van der Waals surface area contributed by atoms with Gasteiger partial charge in [-0.1, -0.05) is 0 Å². The summed E-state index contributed by atoms with van der Waals surface area (Å²) in [6, 6.07) is 0. The van der Waals surface area contributed by atoms with Crippen LogP contribution in [0.1, 0.15) is 33.6 Å². The van der Waals surface area contributed by atoms with E-state index in [-0.39, 0.29) is 19.7 Å². The fraction of sp³-hybridized carbons (Fsp3) is 0.875. The lowest BCUT2D eigenvalue weighted by Gasteiger charge is -2.42. The van der Waals surface area contributed by atoms with E-state index in [0.717, 1.165) is 4.90 Å². The van der Waals surface area contributed by atoms with Crippen LogP contribution >= 0.6 is 0 Å². The summed E-state index contributed by atoms with van der Waals surface area (Å²) < 4.78 is 43.4. The highest BCUT2D eigenvalue weighted by molar-refractivity contribution is 5.82. The minimum absolute atomic E-state index is 0.0429. The van der Waals surface area contributed by atoms with Gasteiger partial charge >= 0.3 is 18.2 Å². The van der Waals surface area contributed by atoms with Gasteiger partial charge in [0.05, 0.1) is 0 Å². The summed E-state index contributed by atoms with van der Waals surface area (Å²) in [5.41, 5.74) is -1.21. The number of nitrogens with zero attached hydrogens (tertiary/aromatic N) is 2. The molecule has 0 aromatic carbocycles. The lowest BCUT2D eigenvalue weighted by atomic mass is 9.71. The maximum absolute atomic E-state index is 12.7.